The van der Waals surface area contributed by atoms with Crippen molar-refractivity contribution in [3.8, 4) is 5.88 Å². The Morgan fingerprint density at radius 1 is 0.750 bits per heavy atom. The van der Waals surface area contributed by atoms with E-state index in [1.165, 1.54) is 11.1 Å². The minimum absolute atomic E-state index is 0.00626. The molecule has 0 atom stereocenters. The zero-order valence-corrected chi connectivity index (χ0v) is 14.9. The van der Waals surface area contributed by atoms with Crippen LogP contribution in [0.2, 0.25) is 0 Å². The molecule has 0 saturated carbocycles. The first-order chi connectivity index (χ1) is 8.78. The van der Waals surface area contributed by atoms with Crippen LogP contribution in [-0.4, -0.2) is 12.1 Å². The van der Waals surface area contributed by atoms with Crippen LogP contribution in [-0.2, 0) is 16.2 Å². The molecule has 20 heavy (non-hydrogen) atoms. The van der Waals surface area contributed by atoms with E-state index in [0.717, 1.165) is 11.6 Å². The van der Waals surface area contributed by atoms with E-state index in [9.17, 15) is 0 Å². The molecule has 0 radical (unpaired) electrons. The lowest BCUT2D eigenvalue weighted by Crippen LogP contribution is -2.26. The molecule has 1 heterocycles. The van der Waals surface area contributed by atoms with Gasteiger partial charge in [0.1, 0.15) is 0 Å². The molecule has 114 valence electrons. The molecule has 0 aliphatic heterocycles. The minimum atomic E-state index is 0.00626. The van der Waals surface area contributed by atoms with Gasteiger partial charge in [0, 0.05) is 11.0 Å². The molecule has 0 aliphatic carbocycles. The third-order valence-electron chi connectivity index (χ3n) is 3.51. The first-order valence-electron chi connectivity index (χ1n) is 7.39. The fourth-order valence-electron chi connectivity index (χ4n) is 2.33. The van der Waals surface area contributed by atoms with Crippen LogP contribution in [0.1, 0.15) is 79.1 Å². The number of rotatable bonds is 1. The summed E-state index contributed by atoms with van der Waals surface area (Å²) < 4.78 is 5.56. The molecule has 0 unspecified atom stereocenters. The van der Waals surface area contributed by atoms with Crippen molar-refractivity contribution in [1.82, 2.24) is 4.98 Å². The fourth-order valence-corrected chi connectivity index (χ4v) is 2.33. The van der Waals surface area contributed by atoms with Crippen molar-refractivity contribution in [3.63, 3.8) is 0 Å². The predicted molar refractivity (Wildman–Crippen MR) is 86.9 cm³/mol. The molecule has 0 bridgehead atoms. The van der Waals surface area contributed by atoms with Gasteiger partial charge in [-0.1, -0.05) is 62.3 Å². The summed E-state index contributed by atoms with van der Waals surface area (Å²) in [5, 5.41) is 0. The van der Waals surface area contributed by atoms with E-state index < -0.39 is 0 Å². The number of hydrogen-bond acceptors (Lipinski definition) is 2. The summed E-state index contributed by atoms with van der Waals surface area (Å²) in [7, 11) is 1.71. The summed E-state index contributed by atoms with van der Waals surface area (Å²) in [4.78, 5) is 4.87. The molecule has 0 spiro atoms. The van der Waals surface area contributed by atoms with Crippen molar-refractivity contribution < 1.29 is 4.74 Å². The second kappa shape index (κ2) is 5.05. The van der Waals surface area contributed by atoms with E-state index in [4.69, 9.17) is 9.72 Å². The zero-order valence-electron chi connectivity index (χ0n) is 14.9. The molecular weight excluding hydrogens is 246 g/mol. The lowest BCUT2D eigenvalue weighted by molar-refractivity contribution is 0.371. The van der Waals surface area contributed by atoms with E-state index >= 15 is 0 Å². The number of ether oxygens (including phenoxy) is 1. The van der Waals surface area contributed by atoms with Crippen LogP contribution in [0.3, 0.4) is 0 Å². The van der Waals surface area contributed by atoms with Gasteiger partial charge in [-0.3, -0.25) is 0 Å². The van der Waals surface area contributed by atoms with Gasteiger partial charge in [-0.05, 0) is 22.5 Å². The highest BCUT2D eigenvalue weighted by atomic mass is 16.5. The zero-order chi connectivity index (χ0) is 15.9. The van der Waals surface area contributed by atoms with E-state index in [-0.39, 0.29) is 16.2 Å². The molecule has 0 aliphatic rings. The van der Waals surface area contributed by atoms with Gasteiger partial charge in [-0.15, -0.1) is 0 Å². The van der Waals surface area contributed by atoms with Gasteiger partial charge in [0.15, 0.2) is 0 Å². The summed E-state index contributed by atoms with van der Waals surface area (Å²) in [6.07, 6.45) is 0. The quantitative estimate of drug-likeness (QED) is 0.722. The normalized spacial score (nSPS) is 13.5. The van der Waals surface area contributed by atoms with Crippen molar-refractivity contribution >= 4 is 0 Å². The SMILES string of the molecule is COc1nc(C(C)(C)C)c(C(C)(C)C)cc1C(C)(C)C. The second-order valence-corrected chi connectivity index (χ2v) is 8.69. The van der Waals surface area contributed by atoms with Crippen molar-refractivity contribution in [2.45, 2.75) is 78.6 Å². The maximum atomic E-state index is 5.56. The largest absolute Gasteiger partial charge is 0.481 e. The van der Waals surface area contributed by atoms with Crippen LogP contribution in [0.15, 0.2) is 6.07 Å². The average molecular weight is 277 g/mol. The number of hydrogen-bond donors (Lipinski definition) is 0. The molecule has 1 aromatic heterocycles. The standard InChI is InChI=1S/C18H31NO/c1-16(2,3)12-11-13(17(4,5)6)15(20-10)19-14(12)18(7,8)9/h11H,1-10H3. The lowest BCUT2D eigenvalue weighted by Gasteiger charge is -2.32. The summed E-state index contributed by atoms with van der Waals surface area (Å²) in [5.74, 6) is 0.760. The van der Waals surface area contributed by atoms with Crippen LogP contribution < -0.4 is 4.74 Å². The monoisotopic (exact) mass is 277 g/mol. The molecule has 2 heteroatoms. The lowest BCUT2D eigenvalue weighted by atomic mass is 9.75. The number of aromatic nitrogens is 1. The number of nitrogens with zero attached hydrogens (tertiary/aromatic N) is 1. The van der Waals surface area contributed by atoms with Gasteiger partial charge in [0.2, 0.25) is 5.88 Å². The van der Waals surface area contributed by atoms with Gasteiger partial charge in [0.05, 0.1) is 12.8 Å². The second-order valence-electron chi connectivity index (χ2n) is 8.69. The Bertz CT molecular complexity index is 482. The Hall–Kier alpha value is -1.05. The molecule has 0 amide bonds. The molecule has 0 fully saturated rings. The van der Waals surface area contributed by atoms with E-state index in [1.54, 1.807) is 7.11 Å². The molecule has 1 rings (SSSR count). The summed E-state index contributed by atoms with van der Waals surface area (Å²) in [6.45, 7) is 20.0. The summed E-state index contributed by atoms with van der Waals surface area (Å²) >= 11 is 0. The molecule has 0 N–H and O–H groups in total. The van der Waals surface area contributed by atoms with E-state index in [2.05, 4.69) is 68.4 Å². The highest BCUT2D eigenvalue weighted by molar-refractivity contribution is 5.43. The van der Waals surface area contributed by atoms with Gasteiger partial charge < -0.3 is 4.74 Å². The van der Waals surface area contributed by atoms with Crippen molar-refractivity contribution in [2.75, 3.05) is 7.11 Å². The van der Waals surface area contributed by atoms with Gasteiger partial charge in [0.25, 0.3) is 0 Å². The van der Waals surface area contributed by atoms with Crippen LogP contribution in [0, 0.1) is 0 Å². The Balaban J connectivity index is 3.72. The fraction of sp³-hybridized carbons (Fsp3) is 0.722. The first kappa shape index (κ1) is 17.0. The molecule has 1 aromatic rings. The van der Waals surface area contributed by atoms with E-state index in [1.807, 2.05) is 0 Å². The van der Waals surface area contributed by atoms with Crippen molar-refractivity contribution in [3.05, 3.63) is 22.9 Å². The average Bonchev–Trinajstić information content (AvgIpc) is 2.23. The smallest absolute Gasteiger partial charge is 0.217 e. The van der Waals surface area contributed by atoms with Gasteiger partial charge >= 0.3 is 0 Å². The third kappa shape index (κ3) is 3.53. The highest BCUT2D eigenvalue weighted by Gasteiger charge is 2.31. The third-order valence-corrected chi connectivity index (χ3v) is 3.51. The van der Waals surface area contributed by atoms with Gasteiger partial charge in [-0.25, -0.2) is 4.98 Å². The Kier molecular flexibility index (Phi) is 4.29. The van der Waals surface area contributed by atoms with Crippen LogP contribution >= 0.6 is 0 Å². The van der Waals surface area contributed by atoms with Crippen LogP contribution in [0.5, 0.6) is 5.88 Å². The number of pyridine rings is 1. The molecule has 0 saturated heterocycles. The van der Waals surface area contributed by atoms with Gasteiger partial charge in [-0.2, -0.15) is 0 Å². The minimum Gasteiger partial charge on any atom is -0.481 e. The van der Waals surface area contributed by atoms with Crippen LogP contribution in [0.4, 0.5) is 0 Å². The Labute approximate surface area is 125 Å². The summed E-state index contributed by atoms with van der Waals surface area (Å²) in [5.41, 5.74) is 3.73. The summed E-state index contributed by atoms with van der Waals surface area (Å²) in [6, 6.07) is 2.30. The predicted octanol–water partition coefficient (Wildman–Crippen LogP) is 4.98. The van der Waals surface area contributed by atoms with Crippen molar-refractivity contribution in [1.29, 1.82) is 0 Å². The molecular formula is C18H31NO. The van der Waals surface area contributed by atoms with Crippen LogP contribution in [0.25, 0.3) is 0 Å². The maximum absolute atomic E-state index is 5.56. The Morgan fingerprint density at radius 3 is 1.50 bits per heavy atom. The van der Waals surface area contributed by atoms with Crippen molar-refractivity contribution in [2.24, 2.45) is 0 Å². The first-order valence-corrected chi connectivity index (χ1v) is 7.39. The molecule has 2 nitrogen and oxygen atoms in total. The topological polar surface area (TPSA) is 22.1 Å². The number of methoxy groups -OCH3 is 1. The highest BCUT2D eigenvalue weighted by Crippen LogP contribution is 2.39. The molecule has 0 aromatic carbocycles. The Morgan fingerprint density at radius 2 is 1.20 bits per heavy atom. The maximum Gasteiger partial charge on any atom is 0.217 e. The van der Waals surface area contributed by atoms with E-state index in [0.29, 0.717) is 0 Å².